The van der Waals surface area contributed by atoms with Crippen LogP contribution in [0.4, 0.5) is 0 Å². The molecule has 0 aromatic carbocycles. The van der Waals surface area contributed by atoms with Crippen molar-refractivity contribution < 1.29 is 0 Å². The average Bonchev–Trinajstić information content (AvgIpc) is 2.15. The van der Waals surface area contributed by atoms with E-state index in [9.17, 15) is 0 Å². The average molecular weight is 141 g/mol. The van der Waals surface area contributed by atoms with E-state index in [4.69, 9.17) is 5.73 Å². The molecule has 0 radical (unpaired) electrons. The molecular formula is C5H7N3S. The Bertz CT molecular complexity index is 198. The van der Waals surface area contributed by atoms with Gasteiger partial charge in [0.15, 0.2) is 0 Å². The first-order chi connectivity index (χ1) is 4.29. The molecule has 0 saturated heterocycles. The summed E-state index contributed by atoms with van der Waals surface area (Å²) in [5, 5.41) is 0.856. The predicted octanol–water partition coefficient (Wildman–Crippen LogP) is 0.858. The maximum Gasteiger partial charge on any atom is 0.138 e. The van der Waals surface area contributed by atoms with Gasteiger partial charge in [-0.1, -0.05) is 0 Å². The molecule has 4 heteroatoms. The van der Waals surface area contributed by atoms with Crippen LogP contribution in [0.25, 0.3) is 6.08 Å². The molecule has 1 aromatic heterocycles. The second kappa shape index (κ2) is 2.59. The Kier molecular flexibility index (Phi) is 1.79. The van der Waals surface area contributed by atoms with E-state index in [1.807, 2.05) is 6.92 Å². The fourth-order valence-corrected chi connectivity index (χ4v) is 0.975. The topological polar surface area (TPSA) is 51.8 Å². The van der Waals surface area contributed by atoms with Crippen molar-refractivity contribution in [2.24, 2.45) is 5.73 Å². The molecule has 0 saturated carbocycles. The standard InChI is InChI=1S/C5H7N3S/c1-4(6)2-5-7-3-8-9-5/h2-3H,6H2,1H3. The number of rotatable bonds is 1. The maximum atomic E-state index is 5.38. The first-order valence-electron chi connectivity index (χ1n) is 2.49. The molecule has 1 rings (SSSR count). The highest BCUT2D eigenvalue weighted by atomic mass is 32.1. The Labute approximate surface area is 57.4 Å². The third-order valence-electron chi connectivity index (χ3n) is 0.729. The van der Waals surface area contributed by atoms with Crippen LogP contribution in [0.5, 0.6) is 0 Å². The van der Waals surface area contributed by atoms with Crippen molar-refractivity contribution in [2.45, 2.75) is 6.92 Å². The third-order valence-corrected chi connectivity index (χ3v) is 1.34. The van der Waals surface area contributed by atoms with Crippen LogP contribution in [0.1, 0.15) is 11.9 Å². The van der Waals surface area contributed by atoms with Crippen LogP contribution < -0.4 is 5.73 Å². The fraction of sp³-hybridized carbons (Fsp3) is 0.200. The number of hydrogen-bond acceptors (Lipinski definition) is 4. The summed E-state index contributed by atoms with van der Waals surface area (Å²) >= 11 is 1.33. The van der Waals surface area contributed by atoms with Gasteiger partial charge >= 0.3 is 0 Å². The minimum absolute atomic E-state index is 0.756. The molecule has 0 aliphatic carbocycles. The van der Waals surface area contributed by atoms with Crippen LogP contribution in [-0.4, -0.2) is 9.36 Å². The fourth-order valence-electron chi connectivity index (χ4n) is 0.440. The molecule has 0 amide bonds. The lowest BCUT2D eigenvalue weighted by atomic mass is 10.5. The van der Waals surface area contributed by atoms with Gasteiger partial charge in [-0.15, -0.1) is 0 Å². The molecule has 0 aliphatic heterocycles. The summed E-state index contributed by atoms with van der Waals surface area (Å²) in [5.74, 6) is 0. The highest BCUT2D eigenvalue weighted by molar-refractivity contribution is 7.06. The van der Waals surface area contributed by atoms with Gasteiger partial charge in [-0.25, -0.2) is 4.98 Å². The third kappa shape index (κ3) is 1.81. The molecule has 0 aliphatic rings. The Morgan fingerprint density at radius 3 is 3.11 bits per heavy atom. The lowest BCUT2D eigenvalue weighted by Crippen LogP contribution is -1.88. The van der Waals surface area contributed by atoms with Crippen LogP contribution >= 0.6 is 11.5 Å². The molecule has 0 unspecified atom stereocenters. The van der Waals surface area contributed by atoms with Gasteiger partial charge in [-0.05, 0) is 24.5 Å². The first-order valence-corrected chi connectivity index (χ1v) is 3.27. The number of aromatic nitrogens is 2. The van der Waals surface area contributed by atoms with E-state index in [0.29, 0.717) is 0 Å². The zero-order chi connectivity index (χ0) is 6.69. The SMILES string of the molecule is CC(N)=Cc1ncns1. The number of hydrogen-bond donors (Lipinski definition) is 1. The number of allylic oxidation sites excluding steroid dienone is 1. The van der Waals surface area contributed by atoms with Gasteiger partial charge in [0, 0.05) is 5.70 Å². The smallest absolute Gasteiger partial charge is 0.138 e. The number of nitrogens with two attached hydrogens (primary N) is 1. The van der Waals surface area contributed by atoms with E-state index < -0.39 is 0 Å². The Hall–Kier alpha value is -0.900. The lowest BCUT2D eigenvalue weighted by Gasteiger charge is -1.83. The zero-order valence-corrected chi connectivity index (χ0v) is 5.85. The van der Waals surface area contributed by atoms with Crippen molar-refractivity contribution in [2.75, 3.05) is 0 Å². The van der Waals surface area contributed by atoms with Crippen LogP contribution in [0.3, 0.4) is 0 Å². The highest BCUT2D eigenvalue weighted by Crippen LogP contribution is 2.02. The minimum atomic E-state index is 0.756. The molecule has 9 heavy (non-hydrogen) atoms. The Morgan fingerprint density at radius 1 is 1.89 bits per heavy atom. The summed E-state index contributed by atoms with van der Waals surface area (Å²) < 4.78 is 3.81. The Balaban J connectivity index is 2.80. The van der Waals surface area contributed by atoms with Crippen LogP contribution in [0, 0.1) is 0 Å². The predicted molar refractivity (Wildman–Crippen MR) is 37.7 cm³/mol. The molecule has 1 aromatic rings. The summed E-state index contributed by atoms with van der Waals surface area (Å²) in [6.45, 7) is 1.82. The van der Waals surface area contributed by atoms with Crippen molar-refractivity contribution in [3.05, 3.63) is 17.0 Å². The molecule has 0 atom stereocenters. The van der Waals surface area contributed by atoms with Crippen molar-refractivity contribution >= 4 is 17.6 Å². The Morgan fingerprint density at radius 2 is 2.67 bits per heavy atom. The highest BCUT2D eigenvalue weighted by Gasteiger charge is 1.88. The van der Waals surface area contributed by atoms with E-state index in [2.05, 4.69) is 9.36 Å². The van der Waals surface area contributed by atoms with Gasteiger partial charge in [0.1, 0.15) is 11.3 Å². The second-order valence-electron chi connectivity index (χ2n) is 1.67. The summed E-state index contributed by atoms with van der Waals surface area (Å²) in [6, 6.07) is 0. The minimum Gasteiger partial charge on any atom is -0.402 e. The van der Waals surface area contributed by atoms with Crippen LogP contribution in [-0.2, 0) is 0 Å². The summed E-state index contributed by atoms with van der Waals surface area (Å²) in [5.41, 5.74) is 6.14. The van der Waals surface area contributed by atoms with Crippen molar-refractivity contribution in [1.82, 2.24) is 9.36 Å². The van der Waals surface area contributed by atoms with Crippen LogP contribution in [0.15, 0.2) is 12.0 Å². The zero-order valence-electron chi connectivity index (χ0n) is 5.03. The van der Waals surface area contributed by atoms with E-state index in [0.717, 1.165) is 10.7 Å². The molecule has 0 spiro atoms. The van der Waals surface area contributed by atoms with Gasteiger partial charge in [0.05, 0.1) is 0 Å². The molecule has 48 valence electrons. The van der Waals surface area contributed by atoms with Gasteiger partial charge in [-0.3, -0.25) is 0 Å². The molecule has 1 heterocycles. The van der Waals surface area contributed by atoms with Gasteiger partial charge < -0.3 is 5.73 Å². The van der Waals surface area contributed by atoms with E-state index in [1.165, 1.54) is 17.9 Å². The van der Waals surface area contributed by atoms with E-state index in [1.54, 1.807) is 6.08 Å². The molecular weight excluding hydrogens is 134 g/mol. The first kappa shape index (κ1) is 6.22. The quantitative estimate of drug-likeness (QED) is 0.631. The summed E-state index contributed by atoms with van der Waals surface area (Å²) in [7, 11) is 0. The van der Waals surface area contributed by atoms with Crippen LogP contribution in [0.2, 0.25) is 0 Å². The van der Waals surface area contributed by atoms with E-state index >= 15 is 0 Å². The molecule has 0 bridgehead atoms. The summed E-state index contributed by atoms with van der Waals surface area (Å²) in [6.07, 6.45) is 3.30. The number of nitrogens with zero attached hydrogens (tertiary/aromatic N) is 2. The monoisotopic (exact) mass is 141 g/mol. The van der Waals surface area contributed by atoms with Crippen molar-refractivity contribution in [3.63, 3.8) is 0 Å². The normalized spacial score (nSPS) is 11.9. The largest absolute Gasteiger partial charge is 0.402 e. The van der Waals surface area contributed by atoms with Crippen molar-refractivity contribution in [3.8, 4) is 0 Å². The molecule has 0 fully saturated rings. The van der Waals surface area contributed by atoms with Gasteiger partial charge in [-0.2, -0.15) is 4.37 Å². The molecule has 2 N–H and O–H groups in total. The lowest BCUT2D eigenvalue weighted by molar-refractivity contribution is 1.29. The second-order valence-corrected chi connectivity index (χ2v) is 2.48. The molecule has 3 nitrogen and oxygen atoms in total. The maximum absolute atomic E-state index is 5.38. The summed E-state index contributed by atoms with van der Waals surface area (Å²) in [4.78, 5) is 3.91. The van der Waals surface area contributed by atoms with Gasteiger partial charge in [0.25, 0.3) is 0 Å². The van der Waals surface area contributed by atoms with Crippen molar-refractivity contribution in [1.29, 1.82) is 0 Å². The van der Waals surface area contributed by atoms with E-state index in [-0.39, 0.29) is 0 Å². The van der Waals surface area contributed by atoms with Gasteiger partial charge in [0.2, 0.25) is 0 Å².